The Balaban J connectivity index is 0. The van der Waals surface area contributed by atoms with Crippen molar-refractivity contribution in [3.05, 3.63) is 21.9 Å². The first kappa shape index (κ1) is 18.2. The Labute approximate surface area is 130 Å². The molecule has 0 saturated heterocycles. The van der Waals surface area contributed by atoms with E-state index in [0.717, 1.165) is 6.20 Å². The number of H-pyrrole nitrogens is 1. The third-order valence-corrected chi connectivity index (χ3v) is 2.37. The summed E-state index contributed by atoms with van der Waals surface area (Å²) in [6, 6.07) is 0. The summed E-state index contributed by atoms with van der Waals surface area (Å²) < 4.78 is 10.5. The molecule has 1 rings (SSSR count). The molecule has 72 valence electrons. The van der Waals surface area contributed by atoms with Gasteiger partial charge in [-0.15, -0.1) is 0 Å². The third kappa shape index (κ3) is 4.30. The van der Waals surface area contributed by atoms with Gasteiger partial charge >= 0.3 is 59.1 Å². The van der Waals surface area contributed by atoms with Gasteiger partial charge in [0.25, 0.3) is 5.69 Å². The number of nitro groups is 1. The van der Waals surface area contributed by atoms with Crippen LogP contribution in [0.2, 0.25) is 0 Å². The molecule has 0 aliphatic rings. The quantitative estimate of drug-likeness (QED) is 0.242. The minimum absolute atomic E-state index is 0. The summed E-state index contributed by atoms with van der Waals surface area (Å²) in [7, 11) is -5.09. The number of rotatable bonds is 2. The zero-order valence-electron chi connectivity index (χ0n) is 8.51. The number of aromatic nitrogens is 1. The minimum atomic E-state index is -5.09. The number of nitrogens with zero attached hydrogens (tertiary/aromatic N) is 1. The Morgan fingerprint density at radius 1 is 1.40 bits per heavy atom. The minimum Gasteiger partial charge on any atom is -0.806 e. The monoisotopic (exact) mass is 250 g/mol. The fourth-order valence-corrected chi connectivity index (χ4v) is 1.68. The zero-order chi connectivity index (χ0) is 10.2. The molecule has 0 atom stereocenters. The van der Waals surface area contributed by atoms with Crippen LogP contribution in [-0.2, 0) is 4.57 Å². The van der Waals surface area contributed by atoms with Gasteiger partial charge in [-0.05, 0) is 14.5 Å². The van der Waals surface area contributed by atoms with Gasteiger partial charge in [0.2, 0.25) is 0 Å². The molecule has 7 nitrogen and oxygen atoms in total. The van der Waals surface area contributed by atoms with Gasteiger partial charge in [0.15, 0.2) is 0 Å². The maximum Gasteiger partial charge on any atom is 1.00 e. The predicted molar refractivity (Wildman–Crippen MR) is 39.4 cm³/mol. The molecule has 10 heteroatoms. The molecule has 0 spiro atoms. The second-order valence-electron chi connectivity index (χ2n) is 2.42. The van der Waals surface area contributed by atoms with E-state index in [9.17, 15) is 24.5 Å². The first-order valence-electron chi connectivity index (χ1n) is 3.19. The Morgan fingerprint density at radius 3 is 2.13 bits per heavy atom. The summed E-state index contributed by atoms with van der Waals surface area (Å²) in [5.74, 6) is 0. The molecular formula is C5H5N2Na2O5P. The molecule has 0 amide bonds. The Kier molecular flexibility index (Phi) is 7.93. The Hall–Kier alpha value is 0.830. The molecule has 0 aliphatic heterocycles. The van der Waals surface area contributed by atoms with E-state index in [4.69, 9.17) is 0 Å². The van der Waals surface area contributed by atoms with Crippen LogP contribution in [0.25, 0.3) is 0 Å². The van der Waals surface area contributed by atoms with Crippen LogP contribution in [0, 0.1) is 17.0 Å². The predicted octanol–water partition coefficient (Wildman–Crippen LogP) is -7.22. The van der Waals surface area contributed by atoms with Crippen LogP contribution < -0.4 is 74.3 Å². The standard InChI is InChI=1S/C5H7N2O5P.2Na/c1-3-2-6-5(13(10,11)12)4(3)7(8)9;;/h2,6H,1H3,(H2,10,11,12);;/q;2*+1/p-2. The second-order valence-corrected chi connectivity index (χ2v) is 3.87. The number of hydrogen-bond donors (Lipinski definition) is 1. The number of aromatic amines is 1. The molecular weight excluding hydrogens is 245 g/mol. The zero-order valence-corrected chi connectivity index (χ0v) is 13.4. The van der Waals surface area contributed by atoms with Crippen molar-refractivity contribution in [1.29, 1.82) is 0 Å². The van der Waals surface area contributed by atoms with Crippen molar-refractivity contribution in [2.24, 2.45) is 0 Å². The van der Waals surface area contributed by atoms with E-state index in [-0.39, 0.29) is 64.7 Å². The van der Waals surface area contributed by atoms with Crippen LogP contribution in [0.3, 0.4) is 0 Å². The molecule has 15 heavy (non-hydrogen) atoms. The van der Waals surface area contributed by atoms with E-state index in [0.29, 0.717) is 0 Å². The largest absolute Gasteiger partial charge is 1.00 e. The van der Waals surface area contributed by atoms with Crippen LogP contribution >= 0.6 is 7.60 Å². The summed E-state index contributed by atoms with van der Waals surface area (Å²) in [6.45, 7) is 1.34. The molecule has 1 aromatic rings. The van der Waals surface area contributed by atoms with Crippen LogP contribution in [0.15, 0.2) is 6.20 Å². The topological polar surface area (TPSA) is 122 Å². The SMILES string of the molecule is Cc1c[nH]c(P(=O)([O-])[O-])c1[N+](=O)[O-].[Na+].[Na+]. The average molecular weight is 250 g/mol. The number of nitrogens with one attached hydrogen (secondary N) is 1. The maximum atomic E-state index is 10.5. The Bertz CT molecular complexity index is 400. The third-order valence-electron chi connectivity index (χ3n) is 1.48. The molecule has 0 unspecified atom stereocenters. The van der Waals surface area contributed by atoms with E-state index in [1.807, 2.05) is 0 Å². The van der Waals surface area contributed by atoms with Crippen molar-refractivity contribution < 1.29 is 78.4 Å². The molecule has 0 radical (unpaired) electrons. The van der Waals surface area contributed by atoms with E-state index < -0.39 is 23.6 Å². The first-order valence-corrected chi connectivity index (χ1v) is 4.73. The van der Waals surface area contributed by atoms with Gasteiger partial charge in [0.1, 0.15) is 5.44 Å². The summed E-state index contributed by atoms with van der Waals surface area (Å²) in [6.07, 6.45) is 1.11. The molecule has 0 aliphatic carbocycles. The maximum absolute atomic E-state index is 10.5. The van der Waals surface area contributed by atoms with Crippen molar-refractivity contribution >= 4 is 18.7 Å². The van der Waals surface area contributed by atoms with Gasteiger partial charge in [-0.1, -0.05) is 0 Å². The van der Waals surface area contributed by atoms with Crippen LogP contribution in [-0.4, -0.2) is 9.91 Å². The van der Waals surface area contributed by atoms with Gasteiger partial charge in [-0.2, -0.15) is 0 Å². The normalized spacial score (nSPS) is 10.1. The average Bonchev–Trinajstić information content (AvgIpc) is 2.28. The molecule has 1 N–H and O–H groups in total. The van der Waals surface area contributed by atoms with E-state index in [1.54, 1.807) is 0 Å². The second kappa shape index (κ2) is 6.54. The number of aryl methyl sites for hydroxylation is 1. The van der Waals surface area contributed by atoms with Gasteiger partial charge in [0.05, 0.1) is 4.92 Å². The fourth-order valence-electron chi connectivity index (χ4n) is 0.939. The fraction of sp³-hybridized carbons (Fsp3) is 0.200. The van der Waals surface area contributed by atoms with Crippen molar-refractivity contribution in [3.8, 4) is 0 Å². The summed E-state index contributed by atoms with van der Waals surface area (Å²) >= 11 is 0. The van der Waals surface area contributed by atoms with Crippen molar-refractivity contribution in [3.63, 3.8) is 0 Å². The summed E-state index contributed by atoms with van der Waals surface area (Å²) in [5.41, 5.74) is -1.42. The molecule has 0 saturated carbocycles. The number of hydrogen-bond acceptors (Lipinski definition) is 5. The van der Waals surface area contributed by atoms with Gasteiger partial charge in [-0.25, -0.2) is 0 Å². The van der Waals surface area contributed by atoms with E-state index in [2.05, 4.69) is 4.98 Å². The van der Waals surface area contributed by atoms with Crippen LogP contribution in [0.1, 0.15) is 5.56 Å². The summed E-state index contributed by atoms with van der Waals surface area (Å²) in [4.78, 5) is 32.5. The molecule has 0 fully saturated rings. The van der Waals surface area contributed by atoms with Gasteiger partial charge in [-0.3, -0.25) is 10.1 Å². The van der Waals surface area contributed by atoms with Gasteiger partial charge in [0, 0.05) is 11.8 Å². The first-order chi connectivity index (χ1) is 5.84. The molecule has 1 aromatic heterocycles. The van der Waals surface area contributed by atoms with Crippen LogP contribution in [0.5, 0.6) is 0 Å². The van der Waals surface area contributed by atoms with Crippen molar-refractivity contribution in [1.82, 2.24) is 4.98 Å². The van der Waals surface area contributed by atoms with Crippen LogP contribution in [0.4, 0.5) is 5.69 Å². The smallest absolute Gasteiger partial charge is 0.806 e. The summed E-state index contributed by atoms with van der Waals surface area (Å²) in [5, 5.41) is 10.3. The Morgan fingerprint density at radius 2 is 1.87 bits per heavy atom. The van der Waals surface area contributed by atoms with Gasteiger partial charge < -0.3 is 19.3 Å². The molecule has 0 aromatic carbocycles. The molecule has 0 bridgehead atoms. The van der Waals surface area contributed by atoms with Crippen molar-refractivity contribution in [2.75, 3.05) is 0 Å². The van der Waals surface area contributed by atoms with Crippen molar-refractivity contribution in [2.45, 2.75) is 6.92 Å². The van der Waals surface area contributed by atoms with E-state index in [1.165, 1.54) is 6.92 Å². The van der Waals surface area contributed by atoms with E-state index >= 15 is 0 Å². The molecule has 1 heterocycles.